The Kier molecular flexibility index (Phi) is 3.43. The third-order valence-corrected chi connectivity index (χ3v) is 3.42. The molecule has 3 nitrogen and oxygen atoms in total. The highest BCUT2D eigenvalue weighted by atomic mass is 19.4. The van der Waals surface area contributed by atoms with E-state index < -0.39 is 17.4 Å². The van der Waals surface area contributed by atoms with Crippen LogP contribution >= 0.6 is 0 Å². The molecule has 0 radical (unpaired) electrons. The van der Waals surface area contributed by atoms with Crippen molar-refractivity contribution in [3.8, 4) is 0 Å². The molecule has 1 saturated heterocycles. The number of likely N-dealkylation sites (tertiary alicyclic amines) is 1. The van der Waals surface area contributed by atoms with Crippen LogP contribution in [-0.4, -0.2) is 23.4 Å². The van der Waals surface area contributed by atoms with Gasteiger partial charge < -0.3 is 10.6 Å². The third kappa shape index (κ3) is 2.67. The normalized spacial score (nSPS) is 19.8. The Bertz CT molecular complexity index is 499. The lowest BCUT2D eigenvalue weighted by molar-refractivity contribution is -0.136. The first kappa shape index (κ1) is 13.7. The van der Waals surface area contributed by atoms with Gasteiger partial charge in [0.1, 0.15) is 0 Å². The summed E-state index contributed by atoms with van der Waals surface area (Å²) >= 11 is 0. The van der Waals surface area contributed by atoms with Crippen LogP contribution in [0.5, 0.6) is 0 Å². The molecule has 2 rings (SSSR count). The van der Waals surface area contributed by atoms with E-state index in [1.54, 1.807) is 4.90 Å². The van der Waals surface area contributed by atoms with E-state index >= 15 is 0 Å². The lowest BCUT2D eigenvalue weighted by Gasteiger charge is -2.22. The van der Waals surface area contributed by atoms with Gasteiger partial charge in [-0.2, -0.15) is 13.2 Å². The van der Waals surface area contributed by atoms with Crippen molar-refractivity contribution in [2.75, 3.05) is 12.3 Å². The van der Waals surface area contributed by atoms with Gasteiger partial charge in [0.05, 0.1) is 5.56 Å². The van der Waals surface area contributed by atoms with E-state index in [0.29, 0.717) is 6.54 Å². The second-order valence-corrected chi connectivity index (χ2v) is 4.79. The van der Waals surface area contributed by atoms with Crippen molar-refractivity contribution in [3.05, 3.63) is 29.3 Å². The minimum atomic E-state index is -4.49. The summed E-state index contributed by atoms with van der Waals surface area (Å²) in [6.07, 6.45) is -2.66. The quantitative estimate of drug-likeness (QED) is 0.799. The summed E-state index contributed by atoms with van der Waals surface area (Å²) in [6, 6.07) is 3.28. The molecule has 0 unspecified atom stereocenters. The summed E-state index contributed by atoms with van der Waals surface area (Å²) in [5.41, 5.74) is 4.28. The van der Waals surface area contributed by atoms with Crippen molar-refractivity contribution < 1.29 is 18.0 Å². The van der Waals surface area contributed by atoms with E-state index in [2.05, 4.69) is 0 Å². The summed E-state index contributed by atoms with van der Waals surface area (Å²) in [7, 11) is 0. The largest absolute Gasteiger partial charge is 0.418 e. The van der Waals surface area contributed by atoms with Crippen LogP contribution in [0.4, 0.5) is 18.9 Å². The van der Waals surface area contributed by atoms with Gasteiger partial charge in [0, 0.05) is 23.8 Å². The molecule has 6 heteroatoms. The lowest BCUT2D eigenvalue weighted by atomic mass is 10.1. The number of alkyl halides is 3. The molecule has 2 N–H and O–H groups in total. The number of rotatable bonds is 1. The molecule has 1 aliphatic heterocycles. The number of nitrogens with two attached hydrogens (primary N) is 1. The zero-order valence-corrected chi connectivity index (χ0v) is 10.5. The van der Waals surface area contributed by atoms with Gasteiger partial charge >= 0.3 is 6.18 Å². The van der Waals surface area contributed by atoms with Crippen molar-refractivity contribution in [1.82, 2.24) is 4.90 Å². The van der Waals surface area contributed by atoms with Gasteiger partial charge in [-0.05, 0) is 38.0 Å². The average molecular weight is 272 g/mol. The highest BCUT2D eigenvalue weighted by Gasteiger charge is 2.34. The molecule has 1 fully saturated rings. The topological polar surface area (TPSA) is 46.3 Å². The smallest absolute Gasteiger partial charge is 0.398 e. The van der Waals surface area contributed by atoms with Crippen molar-refractivity contribution in [2.45, 2.75) is 32.0 Å². The first-order valence-corrected chi connectivity index (χ1v) is 6.08. The monoisotopic (exact) mass is 272 g/mol. The number of nitrogen functional groups attached to an aromatic ring is 1. The number of hydrogen-bond donors (Lipinski definition) is 1. The molecule has 0 aromatic heterocycles. The highest BCUT2D eigenvalue weighted by molar-refractivity contribution is 5.95. The molecule has 1 aromatic carbocycles. The maximum atomic E-state index is 12.6. The Hall–Kier alpha value is -1.72. The fourth-order valence-electron chi connectivity index (χ4n) is 2.35. The predicted octanol–water partition coefficient (Wildman–Crippen LogP) is 2.91. The predicted molar refractivity (Wildman–Crippen MR) is 65.6 cm³/mol. The minimum absolute atomic E-state index is 0.121. The van der Waals surface area contributed by atoms with Crippen molar-refractivity contribution in [2.24, 2.45) is 0 Å². The molecule has 0 spiro atoms. The van der Waals surface area contributed by atoms with E-state index in [0.717, 1.165) is 25.0 Å². The molecule has 0 bridgehead atoms. The molecule has 1 heterocycles. The zero-order valence-electron chi connectivity index (χ0n) is 10.5. The van der Waals surface area contributed by atoms with Gasteiger partial charge in [0.2, 0.25) is 0 Å². The summed E-state index contributed by atoms with van der Waals surface area (Å²) < 4.78 is 37.7. The van der Waals surface area contributed by atoms with Crippen LogP contribution in [0.3, 0.4) is 0 Å². The number of amides is 1. The van der Waals surface area contributed by atoms with Gasteiger partial charge in [-0.1, -0.05) is 0 Å². The molecule has 1 aliphatic rings. The van der Waals surface area contributed by atoms with E-state index in [-0.39, 0.29) is 17.5 Å². The van der Waals surface area contributed by atoms with Crippen LogP contribution in [0.15, 0.2) is 18.2 Å². The Morgan fingerprint density at radius 2 is 2.11 bits per heavy atom. The lowest BCUT2D eigenvalue weighted by Crippen LogP contribution is -2.33. The zero-order chi connectivity index (χ0) is 14.2. The fourth-order valence-corrected chi connectivity index (χ4v) is 2.35. The van der Waals surface area contributed by atoms with Gasteiger partial charge in [0.25, 0.3) is 5.91 Å². The molecule has 1 atom stereocenters. The second kappa shape index (κ2) is 4.75. The van der Waals surface area contributed by atoms with Crippen molar-refractivity contribution in [3.63, 3.8) is 0 Å². The maximum absolute atomic E-state index is 12.6. The Balaban J connectivity index is 2.27. The van der Waals surface area contributed by atoms with Crippen LogP contribution in [0.25, 0.3) is 0 Å². The summed E-state index contributed by atoms with van der Waals surface area (Å²) in [5, 5.41) is 0. The number of carbonyl (C=O) groups excluding carboxylic acids is 1. The van der Waals surface area contributed by atoms with E-state index in [9.17, 15) is 18.0 Å². The van der Waals surface area contributed by atoms with Crippen LogP contribution in [-0.2, 0) is 6.18 Å². The Morgan fingerprint density at radius 1 is 1.42 bits per heavy atom. The Morgan fingerprint density at radius 3 is 2.58 bits per heavy atom. The van der Waals surface area contributed by atoms with Crippen molar-refractivity contribution >= 4 is 11.6 Å². The molecule has 104 valence electrons. The molecule has 1 amide bonds. The van der Waals surface area contributed by atoms with E-state index in [4.69, 9.17) is 5.73 Å². The second-order valence-electron chi connectivity index (χ2n) is 4.79. The number of nitrogens with zero attached hydrogens (tertiary/aromatic N) is 1. The summed E-state index contributed by atoms with van der Waals surface area (Å²) in [5.74, 6) is -0.259. The average Bonchev–Trinajstić information content (AvgIpc) is 2.72. The molecule has 0 saturated carbocycles. The SMILES string of the molecule is C[C@H]1CCCN1C(=O)c1ccc(C(F)(F)F)c(N)c1. The Labute approximate surface area is 109 Å². The number of benzene rings is 1. The third-order valence-electron chi connectivity index (χ3n) is 3.42. The number of halogens is 3. The molecular weight excluding hydrogens is 257 g/mol. The van der Waals surface area contributed by atoms with Crippen LogP contribution in [0.1, 0.15) is 35.7 Å². The number of anilines is 1. The molecule has 19 heavy (non-hydrogen) atoms. The van der Waals surface area contributed by atoms with Crippen molar-refractivity contribution in [1.29, 1.82) is 0 Å². The standard InChI is InChI=1S/C13H15F3N2O/c1-8-3-2-6-18(8)12(19)9-4-5-10(11(17)7-9)13(14,15)16/h4-5,7-8H,2-3,6,17H2,1H3/t8-/m0/s1. The van der Waals surface area contributed by atoms with Gasteiger partial charge in [0.15, 0.2) is 0 Å². The molecular formula is C13H15F3N2O. The van der Waals surface area contributed by atoms with Crippen LogP contribution < -0.4 is 5.73 Å². The van der Waals surface area contributed by atoms with E-state index in [1.807, 2.05) is 6.92 Å². The van der Waals surface area contributed by atoms with Gasteiger partial charge in [-0.15, -0.1) is 0 Å². The maximum Gasteiger partial charge on any atom is 0.418 e. The first-order chi connectivity index (χ1) is 8.80. The van der Waals surface area contributed by atoms with Crippen LogP contribution in [0.2, 0.25) is 0 Å². The summed E-state index contributed by atoms with van der Waals surface area (Å²) in [6.45, 7) is 2.57. The molecule has 0 aliphatic carbocycles. The first-order valence-electron chi connectivity index (χ1n) is 6.08. The van der Waals surface area contributed by atoms with E-state index in [1.165, 1.54) is 6.07 Å². The number of hydrogen-bond acceptors (Lipinski definition) is 2. The summed E-state index contributed by atoms with van der Waals surface area (Å²) in [4.78, 5) is 13.8. The minimum Gasteiger partial charge on any atom is -0.398 e. The fraction of sp³-hybridized carbons (Fsp3) is 0.462. The van der Waals surface area contributed by atoms with Gasteiger partial charge in [-0.25, -0.2) is 0 Å². The number of carbonyl (C=O) groups is 1. The highest BCUT2D eigenvalue weighted by Crippen LogP contribution is 2.34. The van der Waals surface area contributed by atoms with Crippen LogP contribution in [0, 0.1) is 0 Å². The van der Waals surface area contributed by atoms with Gasteiger partial charge in [-0.3, -0.25) is 4.79 Å². The molecule has 1 aromatic rings.